The fourth-order valence-corrected chi connectivity index (χ4v) is 3.84. The van der Waals surface area contributed by atoms with Crippen molar-refractivity contribution in [1.29, 1.82) is 0 Å². The Balaban J connectivity index is 1.83. The van der Waals surface area contributed by atoms with Gasteiger partial charge < -0.3 is 14.7 Å². The van der Waals surface area contributed by atoms with E-state index >= 15 is 0 Å². The molecule has 4 nitrogen and oxygen atoms in total. The lowest BCUT2D eigenvalue weighted by molar-refractivity contribution is 0.179. The van der Waals surface area contributed by atoms with Gasteiger partial charge in [0.1, 0.15) is 0 Å². The standard InChI is InChI=1S/C14H18N2O2S2/c1-18-8-12-13(7-17)20-14(15-12)16(11-2-3-11)6-10-4-5-19-9-10/h4-5,9,11,17H,2-3,6-8H2,1H3. The highest BCUT2D eigenvalue weighted by Gasteiger charge is 2.31. The Morgan fingerprint density at radius 1 is 1.50 bits per heavy atom. The number of aliphatic hydroxyl groups excluding tert-OH is 1. The number of thiophene rings is 1. The monoisotopic (exact) mass is 310 g/mol. The summed E-state index contributed by atoms with van der Waals surface area (Å²) in [5, 5.41) is 14.8. The minimum atomic E-state index is 0.0350. The number of hydrogen-bond acceptors (Lipinski definition) is 6. The van der Waals surface area contributed by atoms with Gasteiger partial charge in [0.25, 0.3) is 0 Å². The predicted molar refractivity (Wildman–Crippen MR) is 82.3 cm³/mol. The molecule has 1 aliphatic carbocycles. The molecule has 2 aromatic heterocycles. The molecule has 3 rings (SSSR count). The summed E-state index contributed by atoms with van der Waals surface area (Å²) < 4.78 is 5.16. The average molecular weight is 310 g/mol. The van der Waals surface area contributed by atoms with Gasteiger partial charge in [0.05, 0.1) is 23.8 Å². The molecule has 20 heavy (non-hydrogen) atoms. The summed E-state index contributed by atoms with van der Waals surface area (Å²) in [4.78, 5) is 7.96. The van der Waals surface area contributed by atoms with Crippen LogP contribution in [0.5, 0.6) is 0 Å². The first-order chi connectivity index (χ1) is 9.81. The van der Waals surface area contributed by atoms with Crippen LogP contribution in [0, 0.1) is 0 Å². The van der Waals surface area contributed by atoms with E-state index in [0.717, 1.165) is 22.2 Å². The van der Waals surface area contributed by atoms with E-state index in [9.17, 15) is 5.11 Å². The zero-order chi connectivity index (χ0) is 13.9. The molecular formula is C14H18N2O2S2. The van der Waals surface area contributed by atoms with Crippen molar-refractivity contribution in [2.45, 2.75) is 38.6 Å². The molecule has 6 heteroatoms. The molecule has 0 spiro atoms. The summed E-state index contributed by atoms with van der Waals surface area (Å²) in [6.45, 7) is 1.40. The minimum Gasteiger partial charge on any atom is -0.391 e. The zero-order valence-electron chi connectivity index (χ0n) is 11.4. The zero-order valence-corrected chi connectivity index (χ0v) is 13.0. The van der Waals surface area contributed by atoms with E-state index in [4.69, 9.17) is 4.74 Å². The quantitative estimate of drug-likeness (QED) is 0.854. The van der Waals surface area contributed by atoms with Crippen LogP contribution in [-0.2, 0) is 24.5 Å². The lowest BCUT2D eigenvalue weighted by Crippen LogP contribution is -2.24. The normalized spacial score (nSPS) is 14.7. The van der Waals surface area contributed by atoms with Crippen molar-refractivity contribution in [3.8, 4) is 0 Å². The number of methoxy groups -OCH3 is 1. The third-order valence-corrected chi connectivity index (χ3v) is 5.21. The molecule has 1 N–H and O–H groups in total. The highest BCUT2D eigenvalue weighted by atomic mass is 32.1. The van der Waals surface area contributed by atoms with Gasteiger partial charge in [-0.05, 0) is 35.2 Å². The topological polar surface area (TPSA) is 45.6 Å². The van der Waals surface area contributed by atoms with Crippen LogP contribution >= 0.6 is 22.7 Å². The van der Waals surface area contributed by atoms with Crippen LogP contribution in [0.25, 0.3) is 0 Å². The molecule has 2 heterocycles. The van der Waals surface area contributed by atoms with Gasteiger partial charge in [-0.3, -0.25) is 0 Å². The summed E-state index contributed by atoms with van der Waals surface area (Å²) in [6.07, 6.45) is 2.47. The average Bonchev–Trinajstić information content (AvgIpc) is 3.00. The number of aromatic nitrogens is 1. The van der Waals surface area contributed by atoms with E-state index < -0.39 is 0 Å². The lowest BCUT2D eigenvalue weighted by atomic mass is 10.3. The van der Waals surface area contributed by atoms with Gasteiger partial charge in [-0.2, -0.15) is 11.3 Å². The molecule has 1 saturated carbocycles. The molecule has 0 saturated heterocycles. The van der Waals surface area contributed by atoms with E-state index in [1.807, 2.05) is 0 Å². The molecule has 0 aromatic carbocycles. The Morgan fingerprint density at radius 2 is 2.35 bits per heavy atom. The molecule has 0 atom stereocenters. The number of nitrogens with zero attached hydrogens (tertiary/aromatic N) is 2. The second-order valence-electron chi connectivity index (χ2n) is 4.95. The molecule has 0 radical (unpaired) electrons. The molecule has 2 aromatic rings. The summed E-state index contributed by atoms with van der Waals surface area (Å²) in [7, 11) is 1.66. The smallest absolute Gasteiger partial charge is 0.186 e. The highest BCUT2D eigenvalue weighted by Crippen LogP contribution is 2.37. The van der Waals surface area contributed by atoms with E-state index in [0.29, 0.717) is 12.6 Å². The second-order valence-corrected chi connectivity index (χ2v) is 6.79. The third kappa shape index (κ3) is 3.03. The van der Waals surface area contributed by atoms with Crippen LogP contribution in [0.15, 0.2) is 16.8 Å². The summed E-state index contributed by atoms with van der Waals surface area (Å²) in [6, 6.07) is 2.76. The van der Waals surface area contributed by atoms with E-state index in [1.54, 1.807) is 29.8 Å². The maximum Gasteiger partial charge on any atom is 0.186 e. The largest absolute Gasteiger partial charge is 0.391 e. The summed E-state index contributed by atoms with van der Waals surface area (Å²) in [5.41, 5.74) is 2.20. The van der Waals surface area contributed by atoms with Crippen molar-refractivity contribution in [3.63, 3.8) is 0 Å². The number of ether oxygens (including phenoxy) is 1. The minimum absolute atomic E-state index is 0.0350. The van der Waals surface area contributed by atoms with E-state index in [1.165, 1.54) is 18.4 Å². The maximum atomic E-state index is 9.45. The molecule has 0 unspecified atom stereocenters. The fourth-order valence-electron chi connectivity index (χ4n) is 2.18. The van der Waals surface area contributed by atoms with E-state index in [-0.39, 0.29) is 6.61 Å². The van der Waals surface area contributed by atoms with Crippen LogP contribution in [0.4, 0.5) is 5.13 Å². The SMILES string of the molecule is COCc1nc(N(Cc2ccsc2)C2CC2)sc1CO. The van der Waals surface area contributed by atoms with Gasteiger partial charge in [0.15, 0.2) is 5.13 Å². The van der Waals surface area contributed by atoms with Crippen LogP contribution < -0.4 is 4.90 Å². The lowest BCUT2D eigenvalue weighted by Gasteiger charge is -2.20. The first-order valence-electron chi connectivity index (χ1n) is 6.68. The fraction of sp³-hybridized carbons (Fsp3) is 0.500. The molecule has 1 aliphatic rings. The van der Waals surface area contributed by atoms with Crippen molar-refractivity contribution >= 4 is 27.8 Å². The summed E-state index contributed by atoms with van der Waals surface area (Å²) in [5.74, 6) is 0. The molecule has 1 fully saturated rings. The number of aliphatic hydroxyl groups is 1. The highest BCUT2D eigenvalue weighted by molar-refractivity contribution is 7.15. The molecule has 108 valence electrons. The molecule has 0 bridgehead atoms. The van der Waals surface area contributed by atoms with Gasteiger partial charge in [-0.1, -0.05) is 11.3 Å². The second kappa shape index (κ2) is 6.22. The molecule has 0 amide bonds. The van der Waals surface area contributed by atoms with Gasteiger partial charge in [-0.25, -0.2) is 4.98 Å². The van der Waals surface area contributed by atoms with Crippen molar-refractivity contribution in [1.82, 2.24) is 4.98 Å². The predicted octanol–water partition coefficient (Wildman–Crippen LogP) is 3.01. The Hall–Kier alpha value is -0.950. The van der Waals surface area contributed by atoms with Gasteiger partial charge in [0.2, 0.25) is 0 Å². The number of thiazole rings is 1. The van der Waals surface area contributed by atoms with E-state index in [2.05, 4.69) is 26.7 Å². The molecule has 0 aliphatic heterocycles. The van der Waals surface area contributed by atoms with Crippen molar-refractivity contribution in [3.05, 3.63) is 33.0 Å². The van der Waals surface area contributed by atoms with Gasteiger partial charge in [0, 0.05) is 19.7 Å². The Morgan fingerprint density at radius 3 is 2.95 bits per heavy atom. The Labute approximate surface area is 126 Å². The number of hydrogen-bond donors (Lipinski definition) is 1. The van der Waals surface area contributed by atoms with Crippen LogP contribution in [0.3, 0.4) is 0 Å². The Kier molecular flexibility index (Phi) is 4.35. The number of rotatable bonds is 7. The third-order valence-electron chi connectivity index (χ3n) is 3.36. The Bertz CT molecular complexity index is 550. The van der Waals surface area contributed by atoms with Crippen LogP contribution in [0.1, 0.15) is 29.0 Å². The van der Waals surface area contributed by atoms with Crippen molar-refractivity contribution < 1.29 is 9.84 Å². The maximum absolute atomic E-state index is 9.45. The van der Waals surface area contributed by atoms with Crippen LogP contribution in [-0.4, -0.2) is 23.2 Å². The van der Waals surface area contributed by atoms with Gasteiger partial charge in [-0.15, -0.1) is 0 Å². The van der Waals surface area contributed by atoms with Crippen LogP contribution in [0.2, 0.25) is 0 Å². The van der Waals surface area contributed by atoms with Crippen molar-refractivity contribution in [2.75, 3.05) is 12.0 Å². The van der Waals surface area contributed by atoms with Crippen molar-refractivity contribution in [2.24, 2.45) is 0 Å². The van der Waals surface area contributed by atoms with Gasteiger partial charge >= 0.3 is 0 Å². The molecular weight excluding hydrogens is 292 g/mol. The first kappa shape index (κ1) is 14.0. The number of anilines is 1. The summed E-state index contributed by atoms with van der Waals surface area (Å²) >= 11 is 3.31. The first-order valence-corrected chi connectivity index (χ1v) is 8.44.